The molecule has 2 aliphatic rings. The van der Waals surface area contributed by atoms with Crippen LogP contribution in [0.15, 0.2) is 103 Å². The fourth-order valence-electron chi connectivity index (χ4n) is 5.63. The lowest BCUT2D eigenvalue weighted by Gasteiger charge is -2.45. The Morgan fingerprint density at radius 1 is 0.919 bits per heavy atom. The van der Waals surface area contributed by atoms with E-state index in [1.807, 2.05) is 42.3 Å². The van der Waals surface area contributed by atoms with E-state index >= 15 is 0 Å². The first kappa shape index (κ1) is 24.6. The number of hydrogen-bond acceptors (Lipinski definition) is 4. The number of fused-ring (bicyclic) bond motifs is 2. The van der Waals surface area contributed by atoms with E-state index in [4.69, 9.17) is 4.74 Å². The molecule has 1 aliphatic carbocycles. The van der Waals surface area contributed by atoms with Crippen molar-refractivity contribution in [3.63, 3.8) is 0 Å². The van der Waals surface area contributed by atoms with Crippen LogP contribution in [0.4, 0.5) is 0 Å². The number of nitrogens with zero attached hydrogens (tertiary/aromatic N) is 2. The van der Waals surface area contributed by atoms with Crippen LogP contribution in [0.3, 0.4) is 0 Å². The van der Waals surface area contributed by atoms with Gasteiger partial charge in [0, 0.05) is 26.6 Å². The van der Waals surface area contributed by atoms with E-state index in [1.54, 1.807) is 11.9 Å². The highest BCUT2D eigenvalue weighted by Crippen LogP contribution is 2.41. The second-order valence-electron chi connectivity index (χ2n) is 9.76. The van der Waals surface area contributed by atoms with Gasteiger partial charge < -0.3 is 14.5 Å². The molecule has 0 aromatic heterocycles. The Morgan fingerprint density at radius 3 is 2.08 bits per heavy atom. The molecule has 3 aromatic rings. The lowest BCUT2D eigenvalue weighted by atomic mass is 9.80. The van der Waals surface area contributed by atoms with Crippen molar-refractivity contribution < 1.29 is 14.3 Å². The van der Waals surface area contributed by atoms with Crippen LogP contribution in [-0.2, 0) is 33.8 Å². The van der Waals surface area contributed by atoms with E-state index in [9.17, 15) is 9.59 Å². The van der Waals surface area contributed by atoms with Crippen molar-refractivity contribution in [1.29, 1.82) is 0 Å². The maximum Gasteiger partial charge on any atom is 0.273 e. The molecule has 37 heavy (non-hydrogen) atoms. The topological polar surface area (TPSA) is 49.9 Å². The molecule has 1 aliphatic heterocycles. The Morgan fingerprint density at radius 2 is 1.49 bits per heavy atom. The summed E-state index contributed by atoms with van der Waals surface area (Å²) in [6.45, 7) is 4.39. The summed E-state index contributed by atoms with van der Waals surface area (Å²) in [4.78, 5) is 30.3. The minimum atomic E-state index is -0.401. The zero-order valence-electron chi connectivity index (χ0n) is 21.4. The summed E-state index contributed by atoms with van der Waals surface area (Å²) >= 11 is 0. The van der Waals surface area contributed by atoms with Gasteiger partial charge in [0.1, 0.15) is 12.3 Å². The maximum atomic E-state index is 13.6. The van der Waals surface area contributed by atoms with Gasteiger partial charge in [0.15, 0.2) is 5.76 Å². The minimum absolute atomic E-state index is 0.0275. The van der Waals surface area contributed by atoms with Gasteiger partial charge in [0.25, 0.3) is 5.91 Å². The molecule has 188 valence electrons. The first-order chi connectivity index (χ1) is 18.0. The Labute approximate surface area is 218 Å². The number of allylic oxidation sites excluding steroid dienone is 1. The molecule has 0 saturated carbocycles. The van der Waals surface area contributed by atoms with Crippen LogP contribution in [0.2, 0.25) is 0 Å². The Kier molecular flexibility index (Phi) is 6.95. The Hall–Kier alpha value is -4.12. The molecule has 0 N–H and O–H groups in total. The number of piperazine rings is 1. The van der Waals surface area contributed by atoms with E-state index < -0.39 is 5.78 Å². The standard InChI is InChI=1S/C32H32N2O3/c1-4-28(35)31(37-21-22-12-6-5-7-13-22)30-32(36)33(2)20-27(34(30)3)29-25-16-10-8-14-23(25)18-19-24-15-9-11-17-26(24)29/h4-17,27,29H,1,18-21H2,2-3H3/b31-30+. The van der Waals surface area contributed by atoms with E-state index in [1.165, 1.54) is 28.3 Å². The van der Waals surface area contributed by atoms with Gasteiger partial charge in [-0.1, -0.05) is 85.4 Å². The molecule has 1 atom stereocenters. The first-order valence-electron chi connectivity index (χ1n) is 12.7. The van der Waals surface area contributed by atoms with E-state index in [-0.39, 0.29) is 35.9 Å². The van der Waals surface area contributed by atoms with Gasteiger partial charge in [0.2, 0.25) is 5.78 Å². The quantitative estimate of drug-likeness (QED) is 0.364. The molecule has 3 aromatic carbocycles. The summed E-state index contributed by atoms with van der Waals surface area (Å²) < 4.78 is 6.08. The molecule has 5 heteroatoms. The van der Waals surface area contributed by atoms with Crippen molar-refractivity contribution in [3.05, 3.63) is 131 Å². The number of aryl methyl sites for hydroxylation is 2. The molecule has 0 bridgehead atoms. The van der Waals surface area contributed by atoms with Crippen LogP contribution in [0.5, 0.6) is 0 Å². The van der Waals surface area contributed by atoms with Crippen LogP contribution >= 0.6 is 0 Å². The zero-order chi connectivity index (χ0) is 25.9. The number of rotatable bonds is 6. The Balaban J connectivity index is 1.62. The van der Waals surface area contributed by atoms with Crippen LogP contribution in [-0.4, -0.2) is 48.2 Å². The number of ketones is 1. The largest absolute Gasteiger partial charge is 0.483 e. The summed E-state index contributed by atoms with van der Waals surface area (Å²) in [5.74, 6) is -0.563. The number of benzene rings is 3. The van der Waals surface area contributed by atoms with Crippen molar-refractivity contribution in [2.75, 3.05) is 20.6 Å². The smallest absolute Gasteiger partial charge is 0.273 e. The molecule has 0 radical (unpaired) electrons. The average Bonchev–Trinajstić information content (AvgIpc) is 3.10. The maximum absolute atomic E-state index is 13.6. The summed E-state index contributed by atoms with van der Waals surface area (Å²) in [7, 11) is 3.70. The Bertz CT molecular complexity index is 1310. The van der Waals surface area contributed by atoms with Gasteiger partial charge in [-0.05, 0) is 46.7 Å². The van der Waals surface area contributed by atoms with Crippen LogP contribution in [0, 0.1) is 0 Å². The number of ether oxygens (including phenoxy) is 1. The molecule has 1 saturated heterocycles. The summed E-state index contributed by atoms with van der Waals surface area (Å²) in [6, 6.07) is 26.7. The van der Waals surface area contributed by atoms with Crippen LogP contribution in [0.25, 0.3) is 0 Å². The lowest BCUT2D eigenvalue weighted by Crippen LogP contribution is -2.55. The van der Waals surface area contributed by atoms with Crippen LogP contribution < -0.4 is 0 Å². The molecule has 0 spiro atoms. The highest BCUT2D eigenvalue weighted by Gasteiger charge is 2.42. The number of likely N-dealkylation sites (N-methyl/N-ethyl adjacent to an activating group) is 2. The highest BCUT2D eigenvalue weighted by molar-refractivity contribution is 6.08. The number of carbonyl (C=O) groups excluding carboxylic acids is 2. The van der Waals surface area contributed by atoms with E-state index in [2.05, 4.69) is 55.1 Å². The molecular weight excluding hydrogens is 460 g/mol. The highest BCUT2D eigenvalue weighted by atomic mass is 16.5. The second kappa shape index (κ2) is 10.5. The molecule has 1 unspecified atom stereocenters. The second-order valence-corrected chi connectivity index (χ2v) is 9.76. The number of carbonyl (C=O) groups is 2. The average molecular weight is 493 g/mol. The van der Waals surface area contributed by atoms with Crippen molar-refractivity contribution in [3.8, 4) is 0 Å². The van der Waals surface area contributed by atoms with E-state index in [0.717, 1.165) is 18.4 Å². The lowest BCUT2D eigenvalue weighted by molar-refractivity contribution is -0.133. The van der Waals surface area contributed by atoms with Crippen molar-refractivity contribution >= 4 is 11.7 Å². The monoisotopic (exact) mass is 492 g/mol. The SMILES string of the molecule is C=CC(=O)/C(OCc1ccccc1)=C1/C(=O)N(C)CC(C2c3ccccc3CCc3ccccc32)N1C. The fourth-order valence-corrected chi connectivity index (χ4v) is 5.63. The van der Waals surface area contributed by atoms with Gasteiger partial charge in [-0.2, -0.15) is 0 Å². The molecule has 5 rings (SSSR count). The summed E-state index contributed by atoms with van der Waals surface area (Å²) in [5.41, 5.74) is 6.38. The fraction of sp³-hybridized carbons (Fsp3) is 0.250. The third-order valence-electron chi connectivity index (χ3n) is 7.54. The van der Waals surface area contributed by atoms with Gasteiger partial charge in [-0.3, -0.25) is 9.59 Å². The minimum Gasteiger partial charge on any atom is -0.483 e. The van der Waals surface area contributed by atoms with Crippen molar-refractivity contribution in [1.82, 2.24) is 9.80 Å². The predicted molar refractivity (Wildman–Crippen MR) is 145 cm³/mol. The molecule has 1 heterocycles. The molecular formula is C32H32N2O3. The van der Waals surface area contributed by atoms with Crippen molar-refractivity contribution in [2.45, 2.75) is 31.4 Å². The van der Waals surface area contributed by atoms with Crippen LogP contribution in [0.1, 0.15) is 33.7 Å². The normalized spacial score (nSPS) is 19.0. The zero-order valence-corrected chi connectivity index (χ0v) is 21.4. The third-order valence-corrected chi connectivity index (χ3v) is 7.54. The third kappa shape index (κ3) is 4.69. The predicted octanol–water partition coefficient (Wildman–Crippen LogP) is 4.87. The molecule has 1 fully saturated rings. The number of amides is 1. The molecule has 5 nitrogen and oxygen atoms in total. The van der Waals surface area contributed by atoms with Gasteiger partial charge in [-0.25, -0.2) is 0 Å². The first-order valence-corrected chi connectivity index (χ1v) is 12.7. The summed E-state index contributed by atoms with van der Waals surface area (Å²) in [6.07, 6.45) is 3.16. The molecule has 1 amide bonds. The van der Waals surface area contributed by atoms with Gasteiger partial charge in [-0.15, -0.1) is 0 Å². The summed E-state index contributed by atoms with van der Waals surface area (Å²) in [5, 5.41) is 0. The van der Waals surface area contributed by atoms with Crippen molar-refractivity contribution in [2.24, 2.45) is 0 Å². The van der Waals surface area contributed by atoms with Gasteiger partial charge in [0.05, 0.1) is 6.04 Å². The number of hydrogen-bond donors (Lipinski definition) is 0. The van der Waals surface area contributed by atoms with E-state index in [0.29, 0.717) is 6.54 Å². The van der Waals surface area contributed by atoms with Gasteiger partial charge >= 0.3 is 0 Å².